The first kappa shape index (κ1) is 11.5. The molecule has 1 rings (SSSR count). The third kappa shape index (κ3) is 2.46. The lowest BCUT2D eigenvalue weighted by molar-refractivity contribution is 0.326. The normalized spacial score (nSPS) is 14.1. The second kappa shape index (κ2) is 3.87. The van der Waals surface area contributed by atoms with Crippen LogP contribution in [0.25, 0.3) is 0 Å². The molecule has 0 heterocycles. The average Bonchev–Trinajstić information content (AvgIpc) is 2.07. The van der Waals surface area contributed by atoms with Crippen molar-refractivity contribution in [3.63, 3.8) is 0 Å². The second-order valence-electron chi connectivity index (χ2n) is 4.52. The van der Waals surface area contributed by atoms with Gasteiger partial charge in [0.05, 0.1) is 5.02 Å². The lowest BCUT2D eigenvalue weighted by Gasteiger charge is -2.27. The SMILES string of the molecule is CC(C)(C)C(N)c1ccc(Cl)c(F)c1. The number of benzene rings is 1. The van der Waals surface area contributed by atoms with E-state index in [9.17, 15) is 4.39 Å². The minimum absolute atomic E-state index is 0.0831. The highest BCUT2D eigenvalue weighted by atomic mass is 35.5. The largest absolute Gasteiger partial charge is 0.324 e. The summed E-state index contributed by atoms with van der Waals surface area (Å²) in [4.78, 5) is 0. The fraction of sp³-hybridized carbons (Fsp3) is 0.455. The third-order valence-electron chi connectivity index (χ3n) is 2.24. The molecule has 78 valence electrons. The van der Waals surface area contributed by atoms with Crippen LogP contribution in [-0.2, 0) is 0 Å². The molecule has 1 atom stereocenters. The summed E-state index contributed by atoms with van der Waals surface area (Å²) >= 11 is 5.58. The molecule has 0 spiro atoms. The minimum Gasteiger partial charge on any atom is -0.324 e. The Bertz CT molecular complexity index is 331. The smallest absolute Gasteiger partial charge is 0.142 e. The Balaban J connectivity index is 3.03. The van der Waals surface area contributed by atoms with Gasteiger partial charge in [-0.3, -0.25) is 0 Å². The Morgan fingerprint density at radius 2 is 1.93 bits per heavy atom. The highest BCUT2D eigenvalue weighted by Crippen LogP contribution is 2.31. The molecule has 14 heavy (non-hydrogen) atoms. The molecule has 0 aliphatic heterocycles. The molecule has 0 saturated heterocycles. The minimum atomic E-state index is -0.413. The predicted octanol–water partition coefficient (Wildman–Crippen LogP) is 3.53. The fourth-order valence-corrected chi connectivity index (χ4v) is 1.32. The molecule has 1 nitrogen and oxygen atoms in total. The van der Waals surface area contributed by atoms with E-state index in [1.165, 1.54) is 12.1 Å². The van der Waals surface area contributed by atoms with Gasteiger partial charge in [0.25, 0.3) is 0 Å². The molecule has 1 unspecified atom stereocenters. The van der Waals surface area contributed by atoms with Gasteiger partial charge in [-0.1, -0.05) is 38.4 Å². The second-order valence-corrected chi connectivity index (χ2v) is 4.92. The maximum Gasteiger partial charge on any atom is 0.142 e. The Morgan fingerprint density at radius 3 is 2.36 bits per heavy atom. The molecule has 1 aromatic rings. The van der Waals surface area contributed by atoms with E-state index in [1.807, 2.05) is 20.8 Å². The molecule has 0 saturated carbocycles. The van der Waals surface area contributed by atoms with Crippen LogP contribution in [0.15, 0.2) is 18.2 Å². The zero-order valence-corrected chi connectivity index (χ0v) is 9.40. The molecule has 0 amide bonds. The van der Waals surface area contributed by atoms with E-state index in [0.717, 1.165) is 5.56 Å². The number of halogens is 2. The molecular weight excluding hydrogens is 201 g/mol. The van der Waals surface area contributed by atoms with Crippen molar-refractivity contribution in [3.05, 3.63) is 34.6 Å². The molecular formula is C11H15ClFN. The summed E-state index contributed by atoms with van der Waals surface area (Å²) in [5, 5.41) is 0.134. The highest BCUT2D eigenvalue weighted by molar-refractivity contribution is 6.30. The van der Waals surface area contributed by atoms with Gasteiger partial charge in [-0.2, -0.15) is 0 Å². The van der Waals surface area contributed by atoms with E-state index in [4.69, 9.17) is 17.3 Å². The van der Waals surface area contributed by atoms with E-state index in [0.29, 0.717) is 0 Å². The van der Waals surface area contributed by atoms with Crippen molar-refractivity contribution >= 4 is 11.6 Å². The Labute approximate surface area is 89.1 Å². The van der Waals surface area contributed by atoms with Crippen LogP contribution in [0.1, 0.15) is 32.4 Å². The monoisotopic (exact) mass is 215 g/mol. The van der Waals surface area contributed by atoms with Gasteiger partial charge >= 0.3 is 0 Å². The van der Waals surface area contributed by atoms with Crippen LogP contribution in [0, 0.1) is 11.2 Å². The van der Waals surface area contributed by atoms with Crippen molar-refractivity contribution in [2.75, 3.05) is 0 Å². The molecule has 2 N–H and O–H groups in total. The van der Waals surface area contributed by atoms with E-state index in [2.05, 4.69) is 0 Å². The van der Waals surface area contributed by atoms with Crippen molar-refractivity contribution in [1.82, 2.24) is 0 Å². The highest BCUT2D eigenvalue weighted by Gasteiger charge is 2.22. The number of hydrogen-bond acceptors (Lipinski definition) is 1. The quantitative estimate of drug-likeness (QED) is 0.762. The van der Waals surface area contributed by atoms with Crippen molar-refractivity contribution < 1.29 is 4.39 Å². The summed E-state index contributed by atoms with van der Waals surface area (Å²) < 4.78 is 13.1. The molecule has 0 aliphatic carbocycles. The summed E-state index contributed by atoms with van der Waals surface area (Å²) in [6.07, 6.45) is 0. The number of nitrogens with two attached hydrogens (primary N) is 1. The third-order valence-corrected chi connectivity index (χ3v) is 2.54. The van der Waals surface area contributed by atoms with Gasteiger partial charge < -0.3 is 5.73 Å². The van der Waals surface area contributed by atoms with Crippen LogP contribution >= 0.6 is 11.6 Å². The summed E-state index contributed by atoms with van der Waals surface area (Å²) in [5.41, 5.74) is 6.68. The number of rotatable bonds is 1. The van der Waals surface area contributed by atoms with E-state index < -0.39 is 5.82 Å². The van der Waals surface area contributed by atoms with E-state index in [-0.39, 0.29) is 16.5 Å². The topological polar surface area (TPSA) is 26.0 Å². The maximum absolute atomic E-state index is 13.1. The van der Waals surface area contributed by atoms with Gasteiger partial charge in [-0.05, 0) is 23.1 Å². The first-order valence-corrected chi connectivity index (χ1v) is 4.90. The van der Waals surface area contributed by atoms with Crippen LogP contribution in [0.5, 0.6) is 0 Å². The summed E-state index contributed by atoms with van der Waals surface area (Å²) in [6, 6.07) is 4.52. The molecule has 0 aromatic heterocycles. The standard InChI is InChI=1S/C11H15ClFN/c1-11(2,3)10(14)7-4-5-8(12)9(13)6-7/h4-6,10H,14H2,1-3H3. The Hall–Kier alpha value is -0.600. The molecule has 0 aliphatic rings. The Kier molecular flexibility index (Phi) is 3.17. The first-order chi connectivity index (χ1) is 6.32. The maximum atomic E-state index is 13.1. The van der Waals surface area contributed by atoms with Gasteiger partial charge in [-0.15, -0.1) is 0 Å². The summed E-state index contributed by atoms with van der Waals surface area (Å²) in [5.74, 6) is -0.413. The molecule has 0 radical (unpaired) electrons. The van der Waals surface area contributed by atoms with Gasteiger partial charge in [0.2, 0.25) is 0 Å². The van der Waals surface area contributed by atoms with Crippen LogP contribution in [0.4, 0.5) is 4.39 Å². The van der Waals surface area contributed by atoms with Crippen LogP contribution in [0.2, 0.25) is 5.02 Å². The predicted molar refractivity (Wildman–Crippen MR) is 57.8 cm³/mol. The van der Waals surface area contributed by atoms with Crippen LogP contribution in [-0.4, -0.2) is 0 Å². The molecule has 3 heteroatoms. The molecule has 0 bridgehead atoms. The van der Waals surface area contributed by atoms with Gasteiger partial charge in [-0.25, -0.2) is 4.39 Å². The van der Waals surface area contributed by atoms with Gasteiger partial charge in [0, 0.05) is 6.04 Å². The lowest BCUT2D eigenvalue weighted by Crippen LogP contribution is -2.26. The van der Waals surface area contributed by atoms with Crippen molar-refractivity contribution in [2.24, 2.45) is 11.1 Å². The first-order valence-electron chi connectivity index (χ1n) is 4.53. The summed E-state index contributed by atoms with van der Waals surface area (Å²) in [7, 11) is 0. The molecule has 1 aromatic carbocycles. The number of hydrogen-bond donors (Lipinski definition) is 1. The van der Waals surface area contributed by atoms with Crippen molar-refractivity contribution in [1.29, 1.82) is 0 Å². The van der Waals surface area contributed by atoms with E-state index in [1.54, 1.807) is 6.07 Å². The fourth-order valence-electron chi connectivity index (χ4n) is 1.21. The zero-order chi connectivity index (χ0) is 10.9. The van der Waals surface area contributed by atoms with Crippen molar-refractivity contribution in [2.45, 2.75) is 26.8 Å². The average molecular weight is 216 g/mol. The molecule has 0 fully saturated rings. The van der Waals surface area contributed by atoms with Crippen LogP contribution in [0.3, 0.4) is 0 Å². The van der Waals surface area contributed by atoms with Gasteiger partial charge in [0.1, 0.15) is 5.82 Å². The van der Waals surface area contributed by atoms with Crippen LogP contribution < -0.4 is 5.73 Å². The van der Waals surface area contributed by atoms with Gasteiger partial charge in [0.15, 0.2) is 0 Å². The van der Waals surface area contributed by atoms with E-state index >= 15 is 0 Å². The Morgan fingerprint density at radius 1 is 1.36 bits per heavy atom. The zero-order valence-electron chi connectivity index (χ0n) is 8.64. The lowest BCUT2D eigenvalue weighted by atomic mass is 9.83. The van der Waals surface area contributed by atoms with Crippen molar-refractivity contribution in [3.8, 4) is 0 Å². The summed E-state index contributed by atoms with van der Waals surface area (Å²) in [6.45, 7) is 6.05.